The minimum absolute atomic E-state index is 0.129. The summed E-state index contributed by atoms with van der Waals surface area (Å²) < 4.78 is 74.5. The first kappa shape index (κ1) is 28.2. The maximum absolute atomic E-state index is 13.4. The number of aliphatic hydroxyl groups is 1. The van der Waals surface area contributed by atoms with Crippen molar-refractivity contribution in [3.05, 3.63) is 83.9 Å². The van der Waals surface area contributed by atoms with Gasteiger partial charge >= 0.3 is 12.3 Å². The molecule has 9 heteroatoms. The molecule has 0 aliphatic carbocycles. The minimum Gasteiger partial charge on any atom is -0.457 e. The Kier molecular flexibility index (Phi) is 9.37. The lowest BCUT2D eigenvalue weighted by Gasteiger charge is -2.28. The predicted octanol–water partition coefficient (Wildman–Crippen LogP) is 7.74. The third-order valence-corrected chi connectivity index (χ3v) is 5.63. The molecular weight excluding hydrogens is 493 g/mol. The Morgan fingerprint density at radius 3 is 2.05 bits per heavy atom. The first-order valence-corrected chi connectivity index (χ1v) is 12.0. The molecule has 37 heavy (non-hydrogen) atoms. The number of nitrogens with zero attached hydrogens (tertiary/aromatic N) is 1. The fourth-order valence-electron chi connectivity index (χ4n) is 3.78. The highest BCUT2D eigenvalue weighted by atomic mass is 19.4. The molecule has 3 aromatic rings. The quantitative estimate of drug-likeness (QED) is 0.247. The number of rotatable bonds is 12. The summed E-state index contributed by atoms with van der Waals surface area (Å²) in [5.74, 6) is 0.619. The summed E-state index contributed by atoms with van der Waals surface area (Å²) in [7, 11) is 0. The molecule has 0 aliphatic rings. The van der Waals surface area contributed by atoms with Crippen molar-refractivity contribution in [3.8, 4) is 17.2 Å². The third-order valence-electron chi connectivity index (χ3n) is 5.63. The van der Waals surface area contributed by atoms with Gasteiger partial charge in [0.1, 0.15) is 17.2 Å². The first-order chi connectivity index (χ1) is 17.5. The molecule has 1 N–H and O–H groups in total. The second-order valence-corrected chi connectivity index (χ2v) is 8.69. The molecule has 1 atom stereocenters. The molecule has 0 amide bonds. The van der Waals surface area contributed by atoms with Gasteiger partial charge in [-0.1, -0.05) is 50.6 Å². The fraction of sp³-hybridized carbons (Fsp3) is 0.357. The molecule has 0 aromatic heterocycles. The van der Waals surface area contributed by atoms with Gasteiger partial charge < -0.3 is 19.5 Å². The summed E-state index contributed by atoms with van der Waals surface area (Å²) in [5.41, 5.74) is 2.24. The average Bonchev–Trinajstić information content (AvgIpc) is 2.83. The van der Waals surface area contributed by atoms with Crippen LogP contribution in [0.4, 0.5) is 27.6 Å². The van der Waals surface area contributed by atoms with Crippen LogP contribution in [0.3, 0.4) is 0 Å². The largest absolute Gasteiger partial charge is 0.499 e. The van der Waals surface area contributed by atoms with E-state index < -0.39 is 24.1 Å². The van der Waals surface area contributed by atoms with Gasteiger partial charge in [-0.25, -0.2) is 0 Å². The summed E-state index contributed by atoms with van der Waals surface area (Å²) >= 11 is 0. The van der Waals surface area contributed by atoms with Gasteiger partial charge in [-0.15, -0.1) is 0 Å². The van der Waals surface area contributed by atoms with Crippen LogP contribution < -0.4 is 14.4 Å². The molecule has 4 nitrogen and oxygen atoms in total. The number of anilines is 1. The van der Waals surface area contributed by atoms with E-state index in [-0.39, 0.29) is 13.1 Å². The maximum Gasteiger partial charge on any atom is 0.499 e. The van der Waals surface area contributed by atoms with Crippen molar-refractivity contribution in [2.75, 3.05) is 11.4 Å². The minimum atomic E-state index is -5.84. The second kappa shape index (κ2) is 12.3. The van der Waals surface area contributed by atoms with Crippen LogP contribution in [0.1, 0.15) is 37.8 Å². The van der Waals surface area contributed by atoms with Crippen molar-refractivity contribution in [1.82, 2.24) is 0 Å². The first-order valence-electron chi connectivity index (χ1n) is 12.0. The highest BCUT2D eigenvalue weighted by molar-refractivity contribution is 5.52. The molecule has 0 fully saturated rings. The molecule has 3 aromatic carbocycles. The standard InChI is InChI=1S/C28H30F5NO3/c1-3-8-23(35)19-34(18-21-10-6-14-26(16-21)37-28(32,33)27(29,30)31)22-11-7-13-25(17-22)36-24-12-5-9-20(4-2)15-24/h5-7,9-17,23,35H,3-4,8,18-19H2,1-2H3. The number of aliphatic hydroxyl groups excluding tert-OH is 1. The van der Waals surface area contributed by atoms with E-state index in [2.05, 4.69) is 4.74 Å². The third kappa shape index (κ3) is 8.08. The van der Waals surface area contributed by atoms with E-state index in [0.717, 1.165) is 30.5 Å². The van der Waals surface area contributed by atoms with Gasteiger partial charge in [0.2, 0.25) is 0 Å². The van der Waals surface area contributed by atoms with Gasteiger partial charge in [0.25, 0.3) is 0 Å². The Morgan fingerprint density at radius 1 is 0.811 bits per heavy atom. The summed E-state index contributed by atoms with van der Waals surface area (Å²) in [4.78, 5) is 1.82. The van der Waals surface area contributed by atoms with Crippen LogP contribution in [0.25, 0.3) is 0 Å². The van der Waals surface area contributed by atoms with Crippen LogP contribution in [-0.2, 0) is 13.0 Å². The van der Waals surface area contributed by atoms with Crippen molar-refractivity contribution >= 4 is 5.69 Å². The van der Waals surface area contributed by atoms with E-state index in [0.29, 0.717) is 29.2 Å². The zero-order chi connectivity index (χ0) is 27.1. The van der Waals surface area contributed by atoms with Crippen molar-refractivity contribution in [2.45, 2.75) is 58.0 Å². The van der Waals surface area contributed by atoms with Crippen molar-refractivity contribution in [1.29, 1.82) is 0 Å². The zero-order valence-electron chi connectivity index (χ0n) is 20.6. The topological polar surface area (TPSA) is 41.9 Å². The van der Waals surface area contributed by atoms with Crippen LogP contribution in [0.15, 0.2) is 72.8 Å². The molecule has 200 valence electrons. The lowest BCUT2D eigenvalue weighted by atomic mass is 10.1. The molecule has 1 unspecified atom stereocenters. The van der Waals surface area contributed by atoms with E-state index in [1.54, 1.807) is 24.3 Å². The number of hydrogen-bond acceptors (Lipinski definition) is 4. The fourth-order valence-corrected chi connectivity index (χ4v) is 3.78. The highest BCUT2D eigenvalue weighted by Crippen LogP contribution is 2.37. The van der Waals surface area contributed by atoms with E-state index in [9.17, 15) is 27.1 Å². The van der Waals surface area contributed by atoms with Crippen LogP contribution in [0.2, 0.25) is 0 Å². The summed E-state index contributed by atoms with van der Waals surface area (Å²) in [5, 5.41) is 10.5. The van der Waals surface area contributed by atoms with Gasteiger partial charge in [0.05, 0.1) is 6.10 Å². The van der Waals surface area contributed by atoms with E-state index in [1.807, 2.05) is 49.1 Å². The van der Waals surface area contributed by atoms with Crippen LogP contribution in [-0.4, -0.2) is 30.0 Å². The SMILES string of the molecule is CCCC(O)CN(Cc1cccc(OC(F)(F)C(F)(F)F)c1)c1cccc(Oc2cccc(CC)c2)c1. The van der Waals surface area contributed by atoms with Crippen molar-refractivity contribution in [3.63, 3.8) is 0 Å². The van der Waals surface area contributed by atoms with E-state index >= 15 is 0 Å². The number of benzene rings is 3. The Hall–Kier alpha value is -3.33. The molecule has 0 heterocycles. The van der Waals surface area contributed by atoms with Gasteiger partial charge in [0.15, 0.2) is 0 Å². The molecule has 0 saturated carbocycles. The Morgan fingerprint density at radius 2 is 1.41 bits per heavy atom. The number of aryl methyl sites for hydroxylation is 1. The molecule has 0 saturated heterocycles. The van der Waals surface area contributed by atoms with Gasteiger partial charge in [-0.3, -0.25) is 0 Å². The molecule has 0 radical (unpaired) electrons. The predicted molar refractivity (Wildman–Crippen MR) is 132 cm³/mol. The molecule has 0 bridgehead atoms. The van der Waals surface area contributed by atoms with Gasteiger partial charge in [-0.05, 0) is 60.4 Å². The maximum atomic E-state index is 13.4. The van der Waals surface area contributed by atoms with Gasteiger partial charge in [0, 0.05) is 24.8 Å². The smallest absolute Gasteiger partial charge is 0.457 e. The molecule has 0 aliphatic heterocycles. The van der Waals surface area contributed by atoms with Crippen LogP contribution in [0, 0.1) is 0 Å². The molecular formula is C28H30F5NO3. The van der Waals surface area contributed by atoms with Crippen LogP contribution in [0.5, 0.6) is 17.2 Å². The number of alkyl halides is 5. The van der Waals surface area contributed by atoms with Crippen molar-refractivity contribution < 1.29 is 36.5 Å². The molecule has 0 spiro atoms. The second-order valence-electron chi connectivity index (χ2n) is 8.69. The van der Waals surface area contributed by atoms with Crippen molar-refractivity contribution in [2.24, 2.45) is 0 Å². The van der Waals surface area contributed by atoms with E-state index in [4.69, 9.17) is 4.74 Å². The highest BCUT2D eigenvalue weighted by Gasteiger charge is 2.61. The summed E-state index contributed by atoms with van der Waals surface area (Å²) in [6, 6.07) is 20.0. The Labute approximate surface area is 213 Å². The average molecular weight is 524 g/mol. The normalized spacial score (nSPS) is 12.8. The Balaban J connectivity index is 1.85. The van der Waals surface area contributed by atoms with Crippen LogP contribution >= 0.6 is 0 Å². The number of hydrogen-bond donors (Lipinski definition) is 1. The number of halogens is 5. The monoisotopic (exact) mass is 523 g/mol. The van der Waals surface area contributed by atoms with Gasteiger partial charge in [-0.2, -0.15) is 22.0 Å². The lowest BCUT2D eigenvalue weighted by molar-refractivity contribution is -0.360. The van der Waals surface area contributed by atoms with E-state index in [1.165, 1.54) is 6.07 Å². The Bertz CT molecular complexity index is 1150. The molecule has 3 rings (SSSR count). The summed E-state index contributed by atoms with van der Waals surface area (Å²) in [6.07, 6.45) is -9.68. The number of ether oxygens (including phenoxy) is 2. The zero-order valence-corrected chi connectivity index (χ0v) is 20.6. The lowest BCUT2D eigenvalue weighted by Crippen LogP contribution is -2.41. The summed E-state index contributed by atoms with van der Waals surface area (Å²) in [6.45, 7) is 4.33.